The molecule has 0 N–H and O–H groups in total. The number of methoxy groups -OCH3 is 2. The molecule has 0 saturated carbocycles. The second kappa shape index (κ2) is 8.61. The maximum atomic E-state index is 13.2. The largest absolute Gasteiger partial charge is 0.497 e. The highest BCUT2D eigenvalue weighted by atomic mass is 16.5. The van der Waals surface area contributed by atoms with Crippen molar-refractivity contribution in [3.05, 3.63) is 95.0 Å². The number of hydrogen-bond acceptors (Lipinski definition) is 5. The third kappa shape index (κ3) is 4.07. The smallest absolute Gasteiger partial charge is 0.274 e. The third-order valence-corrected chi connectivity index (χ3v) is 4.82. The van der Waals surface area contributed by atoms with E-state index in [9.17, 15) is 4.79 Å². The van der Waals surface area contributed by atoms with Gasteiger partial charge in [0.1, 0.15) is 11.5 Å². The molecule has 0 aliphatic rings. The van der Waals surface area contributed by atoms with Gasteiger partial charge in [-0.2, -0.15) is 5.10 Å². The number of aromatic nitrogens is 3. The predicted octanol–water partition coefficient (Wildman–Crippen LogP) is 4.04. The Morgan fingerprint density at radius 3 is 2.07 bits per heavy atom. The highest BCUT2D eigenvalue weighted by Gasteiger charge is 2.13. The Balaban J connectivity index is 1.84. The molecule has 0 unspecified atom stereocenters. The number of pyridine rings is 1. The first kappa shape index (κ1) is 19.4. The first-order valence-corrected chi connectivity index (χ1v) is 9.48. The van der Waals surface area contributed by atoms with E-state index in [2.05, 4.69) is 10.1 Å². The van der Waals surface area contributed by atoms with Gasteiger partial charge in [-0.15, -0.1) is 0 Å². The van der Waals surface area contributed by atoms with Crippen LogP contribution in [0.4, 0.5) is 0 Å². The molecule has 4 rings (SSSR count). The Hall–Kier alpha value is -3.93. The summed E-state index contributed by atoms with van der Waals surface area (Å²) in [7, 11) is 3.24. The fourth-order valence-corrected chi connectivity index (χ4v) is 3.19. The van der Waals surface area contributed by atoms with Crippen LogP contribution in [-0.4, -0.2) is 29.0 Å². The van der Waals surface area contributed by atoms with Gasteiger partial charge in [0.25, 0.3) is 5.56 Å². The summed E-state index contributed by atoms with van der Waals surface area (Å²) in [5.74, 6) is 1.50. The zero-order valence-corrected chi connectivity index (χ0v) is 16.8. The number of hydrogen-bond donors (Lipinski definition) is 0. The molecule has 2 aromatic carbocycles. The molecule has 0 radical (unpaired) electrons. The van der Waals surface area contributed by atoms with Gasteiger partial charge >= 0.3 is 0 Å². The molecule has 0 aliphatic heterocycles. The number of ether oxygens (including phenoxy) is 2. The molecule has 0 fully saturated rings. The molecule has 0 aliphatic carbocycles. The van der Waals surface area contributed by atoms with Crippen LogP contribution in [0.25, 0.3) is 22.4 Å². The van der Waals surface area contributed by atoms with E-state index >= 15 is 0 Å². The molecule has 150 valence electrons. The van der Waals surface area contributed by atoms with E-state index in [4.69, 9.17) is 9.47 Å². The van der Waals surface area contributed by atoms with Crippen molar-refractivity contribution in [2.24, 2.45) is 0 Å². The van der Waals surface area contributed by atoms with E-state index in [1.165, 1.54) is 4.68 Å². The van der Waals surface area contributed by atoms with Crippen molar-refractivity contribution in [3.8, 4) is 33.9 Å². The van der Waals surface area contributed by atoms with Crippen molar-refractivity contribution in [2.75, 3.05) is 14.2 Å². The lowest BCUT2D eigenvalue weighted by Crippen LogP contribution is -2.25. The summed E-state index contributed by atoms with van der Waals surface area (Å²) in [6, 6.07) is 20.6. The second-order valence-corrected chi connectivity index (χ2v) is 6.72. The first-order valence-electron chi connectivity index (χ1n) is 9.48. The van der Waals surface area contributed by atoms with Crippen LogP contribution in [0.15, 0.2) is 83.9 Å². The van der Waals surface area contributed by atoms with Gasteiger partial charge in [0, 0.05) is 18.0 Å². The fourth-order valence-electron chi connectivity index (χ4n) is 3.19. The zero-order valence-electron chi connectivity index (χ0n) is 16.8. The molecular formula is C24H21N3O3. The summed E-state index contributed by atoms with van der Waals surface area (Å²) in [4.78, 5) is 17.4. The molecule has 0 saturated heterocycles. The Morgan fingerprint density at radius 2 is 1.50 bits per heavy atom. The van der Waals surface area contributed by atoms with Crippen LogP contribution in [-0.2, 0) is 6.54 Å². The van der Waals surface area contributed by atoms with Crippen molar-refractivity contribution in [2.45, 2.75) is 6.54 Å². The summed E-state index contributed by atoms with van der Waals surface area (Å²) >= 11 is 0. The molecule has 0 bridgehead atoms. The molecule has 30 heavy (non-hydrogen) atoms. The summed E-state index contributed by atoms with van der Waals surface area (Å²) in [5, 5.41) is 4.62. The van der Waals surface area contributed by atoms with Crippen LogP contribution >= 0.6 is 0 Å². The van der Waals surface area contributed by atoms with Crippen LogP contribution in [0.3, 0.4) is 0 Å². The minimum absolute atomic E-state index is 0.165. The number of nitrogens with zero attached hydrogens (tertiary/aromatic N) is 3. The fraction of sp³-hybridized carbons (Fsp3) is 0.125. The lowest BCUT2D eigenvalue weighted by Gasteiger charge is -2.12. The Kier molecular flexibility index (Phi) is 5.57. The van der Waals surface area contributed by atoms with Crippen LogP contribution in [0.2, 0.25) is 0 Å². The van der Waals surface area contributed by atoms with Crippen LogP contribution in [0.5, 0.6) is 11.5 Å². The summed E-state index contributed by atoms with van der Waals surface area (Å²) < 4.78 is 12.0. The van der Waals surface area contributed by atoms with Crippen molar-refractivity contribution >= 4 is 0 Å². The van der Waals surface area contributed by atoms with Crippen molar-refractivity contribution in [1.29, 1.82) is 0 Å². The molecule has 4 aromatic rings. The number of rotatable bonds is 6. The van der Waals surface area contributed by atoms with E-state index in [1.54, 1.807) is 26.6 Å². The topological polar surface area (TPSA) is 66.2 Å². The van der Waals surface area contributed by atoms with Gasteiger partial charge in [0.15, 0.2) is 0 Å². The van der Waals surface area contributed by atoms with Crippen molar-refractivity contribution < 1.29 is 9.47 Å². The van der Waals surface area contributed by atoms with Gasteiger partial charge in [0.05, 0.1) is 32.0 Å². The average molecular weight is 399 g/mol. The van der Waals surface area contributed by atoms with Gasteiger partial charge in [-0.3, -0.25) is 9.78 Å². The summed E-state index contributed by atoms with van der Waals surface area (Å²) in [6.45, 7) is 0.333. The maximum absolute atomic E-state index is 13.2. The molecule has 0 amide bonds. The second-order valence-electron chi connectivity index (χ2n) is 6.72. The zero-order chi connectivity index (χ0) is 20.9. The lowest BCUT2D eigenvalue weighted by atomic mass is 10.0. The average Bonchev–Trinajstić information content (AvgIpc) is 2.81. The quantitative estimate of drug-likeness (QED) is 0.490. The molecule has 0 spiro atoms. The van der Waals surface area contributed by atoms with Gasteiger partial charge in [-0.25, -0.2) is 4.68 Å². The minimum Gasteiger partial charge on any atom is -0.497 e. The maximum Gasteiger partial charge on any atom is 0.274 e. The van der Waals surface area contributed by atoms with Crippen LogP contribution in [0, 0.1) is 0 Å². The van der Waals surface area contributed by atoms with E-state index in [0.29, 0.717) is 17.8 Å². The van der Waals surface area contributed by atoms with Gasteiger partial charge in [-0.05, 0) is 59.7 Å². The summed E-state index contributed by atoms with van der Waals surface area (Å²) in [5.41, 5.74) is 3.71. The van der Waals surface area contributed by atoms with E-state index < -0.39 is 0 Å². The predicted molar refractivity (Wildman–Crippen MR) is 116 cm³/mol. The molecule has 2 heterocycles. The Morgan fingerprint density at radius 1 is 0.867 bits per heavy atom. The molecule has 6 nitrogen and oxygen atoms in total. The standard InChI is InChI=1S/C24H21N3O3/c1-29-20-9-5-18(6-10-20)22-14-23(19-7-11-21(30-2)12-8-19)26-27(24(22)28)16-17-4-3-13-25-15-17/h3-15H,16H2,1-2H3. The monoisotopic (exact) mass is 399 g/mol. The molecule has 0 atom stereocenters. The summed E-state index contributed by atoms with van der Waals surface area (Å²) in [6.07, 6.45) is 3.44. The van der Waals surface area contributed by atoms with Gasteiger partial charge in [-0.1, -0.05) is 18.2 Å². The Bertz CT molecular complexity index is 1190. The van der Waals surface area contributed by atoms with E-state index in [1.807, 2.05) is 66.7 Å². The first-order chi connectivity index (χ1) is 14.7. The number of benzene rings is 2. The van der Waals surface area contributed by atoms with Crippen LogP contribution in [0.1, 0.15) is 5.56 Å². The molecule has 2 aromatic heterocycles. The highest BCUT2D eigenvalue weighted by molar-refractivity contribution is 5.70. The normalized spacial score (nSPS) is 10.6. The Labute approximate surface area is 174 Å². The molecular weight excluding hydrogens is 378 g/mol. The highest BCUT2D eigenvalue weighted by Crippen LogP contribution is 2.25. The van der Waals surface area contributed by atoms with Gasteiger partial charge in [0.2, 0.25) is 0 Å². The molecule has 6 heteroatoms. The van der Waals surface area contributed by atoms with E-state index in [0.717, 1.165) is 28.2 Å². The SMILES string of the molecule is COc1ccc(-c2cc(-c3ccc(OC)cc3)c(=O)n(Cc3cccnc3)n2)cc1. The van der Waals surface area contributed by atoms with E-state index in [-0.39, 0.29) is 5.56 Å². The van der Waals surface area contributed by atoms with Crippen molar-refractivity contribution in [3.63, 3.8) is 0 Å². The third-order valence-electron chi connectivity index (χ3n) is 4.82. The van der Waals surface area contributed by atoms with Crippen molar-refractivity contribution in [1.82, 2.24) is 14.8 Å². The van der Waals surface area contributed by atoms with Gasteiger partial charge < -0.3 is 9.47 Å². The lowest BCUT2D eigenvalue weighted by molar-refractivity contribution is 0.415. The van der Waals surface area contributed by atoms with Crippen LogP contribution < -0.4 is 15.0 Å². The minimum atomic E-state index is -0.165.